The number of rotatable bonds is 15. The summed E-state index contributed by atoms with van der Waals surface area (Å²) < 4.78 is 35.7. The Morgan fingerprint density at radius 1 is 0.844 bits per heavy atom. The zero-order valence-corrected chi connectivity index (χ0v) is 27.8. The monoisotopic (exact) mass is 691 g/mol. The van der Waals surface area contributed by atoms with Gasteiger partial charge in [0.05, 0.1) is 17.7 Å². The highest BCUT2D eigenvalue weighted by molar-refractivity contribution is 9.10. The van der Waals surface area contributed by atoms with E-state index in [1.807, 2.05) is 61.5 Å². The molecule has 0 aromatic heterocycles. The molecule has 0 bridgehead atoms. The first-order valence-corrected chi connectivity index (χ1v) is 17.0. The van der Waals surface area contributed by atoms with Crippen LogP contribution in [0, 0.1) is 0 Å². The molecule has 0 aliphatic heterocycles. The molecule has 8 nitrogen and oxygen atoms in total. The second-order valence-electron chi connectivity index (χ2n) is 10.5. The number of hydrogen-bond acceptors (Lipinski definition) is 5. The van der Waals surface area contributed by atoms with E-state index in [1.54, 1.807) is 42.5 Å². The molecule has 10 heteroatoms. The summed E-state index contributed by atoms with van der Waals surface area (Å²) in [6.45, 7) is 2.05. The Morgan fingerprint density at radius 3 is 2.11 bits per heavy atom. The Morgan fingerprint density at radius 2 is 1.47 bits per heavy atom. The number of benzene rings is 4. The predicted molar refractivity (Wildman–Crippen MR) is 181 cm³/mol. The average Bonchev–Trinajstić information content (AvgIpc) is 3.06. The maximum atomic E-state index is 14.5. The van der Waals surface area contributed by atoms with E-state index in [9.17, 15) is 18.0 Å². The maximum Gasteiger partial charge on any atom is 0.264 e. The Kier molecular flexibility index (Phi) is 12.2. The van der Waals surface area contributed by atoms with Crippen LogP contribution >= 0.6 is 15.9 Å². The van der Waals surface area contributed by atoms with Crippen molar-refractivity contribution >= 4 is 43.5 Å². The van der Waals surface area contributed by atoms with Gasteiger partial charge in [-0.2, -0.15) is 0 Å². The largest absolute Gasteiger partial charge is 0.495 e. The first kappa shape index (κ1) is 33.7. The lowest BCUT2D eigenvalue weighted by molar-refractivity contribution is -0.140. The molecule has 236 valence electrons. The number of anilines is 1. The Hall–Kier alpha value is -4.15. The fourth-order valence-electron chi connectivity index (χ4n) is 4.92. The molecule has 4 aromatic carbocycles. The fourth-order valence-corrected chi connectivity index (χ4v) is 6.63. The summed E-state index contributed by atoms with van der Waals surface area (Å²) in [5.41, 5.74) is 1.88. The summed E-state index contributed by atoms with van der Waals surface area (Å²) in [6.07, 6.45) is 1.94. The molecule has 0 spiro atoms. The molecule has 0 aliphatic rings. The Labute approximate surface area is 274 Å². The molecule has 0 aliphatic carbocycles. The van der Waals surface area contributed by atoms with E-state index in [4.69, 9.17) is 4.74 Å². The van der Waals surface area contributed by atoms with Gasteiger partial charge in [-0.15, -0.1) is 0 Å². The number of unbranched alkanes of at least 4 members (excludes halogenated alkanes) is 1. The second kappa shape index (κ2) is 16.2. The number of ether oxygens (including phenoxy) is 1. The van der Waals surface area contributed by atoms with Crippen molar-refractivity contribution in [3.8, 4) is 5.75 Å². The molecule has 45 heavy (non-hydrogen) atoms. The van der Waals surface area contributed by atoms with Crippen LogP contribution in [0.4, 0.5) is 5.69 Å². The molecule has 0 saturated heterocycles. The van der Waals surface area contributed by atoms with Gasteiger partial charge in [0, 0.05) is 24.0 Å². The van der Waals surface area contributed by atoms with Crippen molar-refractivity contribution in [2.75, 3.05) is 24.5 Å². The summed E-state index contributed by atoms with van der Waals surface area (Å²) in [7, 11) is -2.77. The van der Waals surface area contributed by atoms with E-state index in [-0.39, 0.29) is 29.5 Å². The number of sulfonamides is 1. The molecule has 0 fully saturated rings. The summed E-state index contributed by atoms with van der Waals surface area (Å²) in [4.78, 5) is 29.9. The standard InChI is InChI=1S/C35H38BrN3O5S/c1-3-4-23-37-35(41)32(24-27-13-7-5-8-14-27)38(25-28-19-21-29(36)22-20-28)34(40)26-39(31-17-11-12-18-33(31)44-2)45(42,43)30-15-9-6-10-16-30/h5-22,32H,3-4,23-26H2,1-2H3,(H,37,41)/t32-/m0/s1. The van der Waals surface area contributed by atoms with Crippen LogP contribution in [-0.4, -0.2) is 51.4 Å². The molecular weight excluding hydrogens is 654 g/mol. The van der Waals surface area contributed by atoms with Crippen molar-refractivity contribution in [1.29, 1.82) is 0 Å². The van der Waals surface area contributed by atoms with Gasteiger partial charge in [0.1, 0.15) is 18.3 Å². The zero-order valence-electron chi connectivity index (χ0n) is 25.4. The van der Waals surface area contributed by atoms with Crippen LogP contribution in [0.1, 0.15) is 30.9 Å². The number of nitrogens with one attached hydrogen (secondary N) is 1. The van der Waals surface area contributed by atoms with E-state index < -0.39 is 28.5 Å². The third-order valence-corrected chi connectivity index (χ3v) is 9.63. The molecule has 1 N–H and O–H groups in total. The van der Waals surface area contributed by atoms with E-state index in [0.29, 0.717) is 12.3 Å². The number of carbonyl (C=O) groups is 2. The Balaban J connectivity index is 1.80. The minimum atomic E-state index is -4.22. The van der Waals surface area contributed by atoms with Gasteiger partial charge in [-0.3, -0.25) is 13.9 Å². The van der Waals surface area contributed by atoms with Gasteiger partial charge in [-0.05, 0) is 53.9 Å². The summed E-state index contributed by atoms with van der Waals surface area (Å²) in [5.74, 6) is -0.537. The highest BCUT2D eigenvalue weighted by Gasteiger charge is 2.35. The van der Waals surface area contributed by atoms with Gasteiger partial charge in [0.25, 0.3) is 10.0 Å². The normalized spacial score (nSPS) is 11.8. The maximum absolute atomic E-state index is 14.5. The van der Waals surface area contributed by atoms with Gasteiger partial charge >= 0.3 is 0 Å². The molecule has 4 aromatic rings. The van der Waals surface area contributed by atoms with Gasteiger partial charge in [-0.1, -0.05) is 102 Å². The first-order valence-electron chi connectivity index (χ1n) is 14.8. The van der Waals surface area contributed by atoms with Gasteiger partial charge in [-0.25, -0.2) is 8.42 Å². The predicted octanol–water partition coefficient (Wildman–Crippen LogP) is 6.21. The van der Waals surface area contributed by atoms with Crippen LogP contribution in [0.15, 0.2) is 119 Å². The topological polar surface area (TPSA) is 96.0 Å². The van der Waals surface area contributed by atoms with Crippen molar-refractivity contribution in [3.63, 3.8) is 0 Å². The summed E-state index contributed by atoms with van der Waals surface area (Å²) in [5, 5.41) is 3.00. The van der Waals surface area contributed by atoms with E-state index >= 15 is 0 Å². The third-order valence-electron chi connectivity index (χ3n) is 7.33. The highest BCUT2D eigenvalue weighted by atomic mass is 79.9. The van der Waals surface area contributed by atoms with Crippen molar-refractivity contribution in [2.45, 2.75) is 43.7 Å². The van der Waals surface area contributed by atoms with E-state index in [2.05, 4.69) is 21.2 Å². The number of nitrogens with zero attached hydrogens (tertiary/aromatic N) is 2. The van der Waals surface area contributed by atoms with Gasteiger partial charge in [0.15, 0.2) is 0 Å². The molecule has 0 heterocycles. The average molecular weight is 693 g/mol. The van der Waals surface area contributed by atoms with Crippen LogP contribution in [0.2, 0.25) is 0 Å². The van der Waals surface area contributed by atoms with Crippen molar-refractivity contribution in [3.05, 3.63) is 125 Å². The van der Waals surface area contributed by atoms with Crippen LogP contribution in [0.25, 0.3) is 0 Å². The number of carbonyl (C=O) groups excluding carboxylic acids is 2. The quantitative estimate of drug-likeness (QED) is 0.150. The van der Waals surface area contributed by atoms with Gasteiger partial charge < -0.3 is 15.0 Å². The van der Waals surface area contributed by atoms with Crippen molar-refractivity contribution in [1.82, 2.24) is 10.2 Å². The minimum absolute atomic E-state index is 0.0290. The lowest BCUT2D eigenvalue weighted by Gasteiger charge is -2.34. The first-order chi connectivity index (χ1) is 21.7. The Bertz CT molecular complexity index is 1650. The van der Waals surface area contributed by atoms with Crippen molar-refractivity contribution in [2.24, 2.45) is 0 Å². The molecule has 0 radical (unpaired) electrons. The lowest BCUT2D eigenvalue weighted by Crippen LogP contribution is -2.53. The summed E-state index contributed by atoms with van der Waals surface area (Å²) >= 11 is 3.46. The molecular formula is C35H38BrN3O5S. The third kappa shape index (κ3) is 8.95. The lowest BCUT2D eigenvalue weighted by atomic mass is 10.0. The van der Waals surface area contributed by atoms with E-state index in [0.717, 1.165) is 32.7 Å². The zero-order chi connectivity index (χ0) is 32.2. The molecule has 4 rings (SSSR count). The second-order valence-corrected chi connectivity index (χ2v) is 13.3. The molecule has 0 saturated carbocycles. The summed E-state index contributed by atoms with van der Waals surface area (Å²) in [6, 6.07) is 30.7. The van der Waals surface area contributed by atoms with Crippen LogP contribution in [-0.2, 0) is 32.6 Å². The smallest absolute Gasteiger partial charge is 0.264 e. The van der Waals surface area contributed by atoms with Crippen LogP contribution in [0.5, 0.6) is 5.75 Å². The highest BCUT2D eigenvalue weighted by Crippen LogP contribution is 2.32. The minimum Gasteiger partial charge on any atom is -0.495 e. The molecule has 0 unspecified atom stereocenters. The van der Waals surface area contributed by atoms with Gasteiger partial charge in [0.2, 0.25) is 11.8 Å². The molecule has 1 atom stereocenters. The number of hydrogen-bond donors (Lipinski definition) is 1. The number of halogens is 1. The van der Waals surface area contributed by atoms with E-state index in [1.165, 1.54) is 24.1 Å². The number of para-hydroxylation sites is 2. The number of amides is 2. The SMILES string of the molecule is CCCCNC(=O)[C@H](Cc1ccccc1)N(Cc1ccc(Br)cc1)C(=O)CN(c1ccccc1OC)S(=O)(=O)c1ccccc1. The number of methoxy groups -OCH3 is 1. The molecule has 2 amide bonds. The van der Waals surface area contributed by atoms with Crippen LogP contribution in [0.3, 0.4) is 0 Å². The van der Waals surface area contributed by atoms with Crippen LogP contribution < -0.4 is 14.4 Å². The fraction of sp³-hybridized carbons (Fsp3) is 0.257. The van der Waals surface area contributed by atoms with Crippen molar-refractivity contribution < 1.29 is 22.7 Å².